The topological polar surface area (TPSA) is 97.2 Å². The highest BCUT2D eigenvalue weighted by atomic mass is 19.4. The molecule has 2 aromatic carbocycles. The van der Waals surface area contributed by atoms with Gasteiger partial charge in [0.05, 0.1) is 22.8 Å². The summed E-state index contributed by atoms with van der Waals surface area (Å²) < 4.78 is 77.2. The number of carbonyl (C=O) groups is 1. The van der Waals surface area contributed by atoms with Crippen molar-refractivity contribution in [1.82, 2.24) is 15.3 Å². The van der Waals surface area contributed by atoms with E-state index in [4.69, 9.17) is 4.42 Å². The number of hydrogen-bond donors (Lipinski definition) is 2. The second kappa shape index (κ2) is 8.96. The van der Waals surface area contributed by atoms with Crippen LogP contribution in [0, 0.1) is 5.82 Å². The first kappa shape index (κ1) is 23.0. The Morgan fingerprint density at radius 2 is 1.97 bits per heavy atom. The van der Waals surface area contributed by atoms with Crippen LogP contribution in [0.4, 0.5) is 22.0 Å². The monoisotopic (exact) mass is 479 g/mol. The van der Waals surface area contributed by atoms with Crippen molar-refractivity contribution < 1.29 is 35.9 Å². The van der Waals surface area contributed by atoms with Gasteiger partial charge < -0.3 is 14.5 Å². The molecule has 2 N–H and O–H groups in total. The number of H-pyrrole nitrogens is 1. The van der Waals surface area contributed by atoms with Crippen molar-refractivity contribution in [2.45, 2.75) is 12.2 Å². The number of hydrogen-bond acceptors (Lipinski definition) is 5. The van der Waals surface area contributed by atoms with Crippen LogP contribution in [-0.4, -0.2) is 22.7 Å². The summed E-state index contributed by atoms with van der Waals surface area (Å²) in [5, 5.41) is 2.42. The number of fused-ring (bicyclic) bond motifs is 1. The van der Waals surface area contributed by atoms with Gasteiger partial charge in [0.25, 0.3) is 5.91 Å². The van der Waals surface area contributed by atoms with E-state index in [2.05, 4.69) is 20.0 Å². The van der Waals surface area contributed by atoms with Crippen LogP contribution in [0.25, 0.3) is 11.1 Å². The molecule has 4 aromatic rings. The first-order valence-electron chi connectivity index (χ1n) is 9.61. The van der Waals surface area contributed by atoms with Crippen molar-refractivity contribution in [1.29, 1.82) is 0 Å². The zero-order chi connectivity index (χ0) is 24.5. The zero-order valence-electron chi connectivity index (χ0n) is 17.0. The van der Waals surface area contributed by atoms with Crippen molar-refractivity contribution >= 4 is 17.0 Å². The maximum absolute atomic E-state index is 14.4. The van der Waals surface area contributed by atoms with E-state index in [9.17, 15) is 31.5 Å². The van der Waals surface area contributed by atoms with E-state index in [1.807, 2.05) is 0 Å². The number of nitrogens with zero attached hydrogens (tertiary/aromatic N) is 1. The Morgan fingerprint density at radius 1 is 1.18 bits per heavy atom. The molecule has 2 aromatic heterocycles. The predicted molar refractivity (Wildman–Crippen MR) is 108 cm³/mol. The highest BCUT2D eigenvalue weighted by Gasteiger charge is 2.37. The maximum atomic E-state index is 14.4. The molecule has 4 rings (SSSR count). The molecule has 0 aliphatic carbocycles. The van der Waals surface area contributed by atoms with Gasteiger partial charge in [0.1, 0.15) is 0 Å². The van der Waals surface area contributed by atoms with Crippen LogP contribution in [0.5, 0.6) is 5.75 Å². The number of alkyl halides is 4. The third-order valence-corrected chi connectivity index (χ3v) is 4.87. The largest absolute Gasteiger partial charge is 0.460 e. The van der Waals surface area contributed by atoms with E-state index < -0.39 is 53.6 Å². The Morgan fingerprint density at radius 3 is 2.68 bits per heavy atom. The van der Waals surface area contributed by atoms with Crippen molar-refractivity contribution in [3.63, 3.8) is 0 Å². The van der Waals surface area contributed by atoms with Crippen LogP contribution < -0.4 is 15.8 Å². The van der Waals surface area contributed by atoms with Crippen molar-refractivity contribution in [2.24, 2.45) is 0 Å². The first-order chi connectivity index (χ1) is 16.2. The van der Waals surface area contributed by atoms with Crippen molar-refractivity contribution in [3.8, 4) is 5.75 Å². The Hall–Kier alpha value is -4.22. The Bertz CT molecular complexity index is 1410. The fourth-order valence-corrected chi connectivity index (χ4v) is 3.38. The summed E-state index contributed by atoms with van der Waals surface area (Å²) in [7, 11) is 0. The summed E-state index contributed by atoms with van der Waals surface area (Å²) in [6, 6.07) is 7.25. The molecule has 0 spiro atoms. The standard InChI is InChI=1S/C22H14F5N3O4/c23-10-33-16-5-3-11(8-14(16)24)18(19-13(22(25,26)27)2-1-7-28-19)30-20(31)12-4-6-17-15(9-12)29-21(32)34-17/h1-9,18H,10H2,(H,29,32)(H,30,31)/t18-/m0/s1. The molecule has 0 aliphatic heterocycles. The van der Waals surface area contributed by atoms with Crippen LogP contribution in [-0.2, 0) is 6.18 Å². The summed E-state index contributed by atoms with van der Waals surface area (Å²) in [5.41, 5.74) is -1.47. The molecule has 0 bridgehead atoms. The second-order valence-electron chi connectivity index (χ2n) is 7.01. The summed E-state index contributed by atoms with van der Waals surface area (Å²) in [4.78, 5) is 30.5. The van der Waals surface area contributed by atoms with Crippen LogP contribution in [0.2, 0.25) is 0 Å². The predicted octanol–water partition coefficient (Wildman–Crippen LogP) is 4.50. The smallest absolute Gasteiger partial charge is 0.418 e. The quantitative estimate of drug-likeness (QED) is 0.397. The van der Waals surface area contributed by atoms with Crippen molar-refractivity contribution in [3.05, 3.63) is 93.5 Å². The highest BCUT2D eigenvalue weighted by Crippen LogP contribution is 2.36. The van der Waals surface area contributed by atoms with E-state index in [0.29, 0.717) is 0 Å². The molecule has 1 atom stereocenters. The number of ether oxygens (including phenoxy) is 1. The average molecular weight is 479 g/mol. The molecule has 12 heteroatoms. The Kier molecular flexibility index (Phi) is 6.05. The van der Waals surface area contributed by atoms with Gasteiger partial charge in [-0.25, -0.2) is 13.6 Å². The van der Waals surface area contributed by atoms with Gasteiger partial charge in [-0.2, -0.15) is 13.2 Å². The molecular formula is C22H14F5N3O4. The summed E-state index contributed by atoms with van der Waals surface area (Å²) in [6.07, 6.45) is -3.72. The maximum Gasteiger partial charge on any atom is 0.418 e. The van der Waals surface area contributed by atoms with Gasteiger partial charge in [0.2, 0.25) is 6.86 Å². The molecule has 0 aliphatic rings. The van der Waals surface area contributed by atoms with Gasteiger partial charge in [-0.05, 0) is 48.0 Å². The molecule has 0 radical (unpaired) electrons. The third kappa shape index (κ3) is 4.60. The fourth-order valence-electron chi connectivity index (χ4n) is 3.38. The zero-order valence-corrected chi connectivity index (χ0v) is 17.0. The highest BCUT2D eigenvalue weighted by molar-refractivity contribution is 5.97. The molecule has 34 heavy (non-hydrogen) atoms. The number of benzene rings is 2. The van der Waals surface area contributed by atoms with Gasteiger partial charge in [-0.3, -0.25) is 14.8 Å². The lowest BCUT2D eigenvalue weighted by molar-refractivity contribution is -0.138. The number of aromatic amines is 1. The minimum atomic E-state index is -4.82. The van der Waals surface area contributed by atoms with E-state index in [1.165, 1.54) is 24.3 Å². The first-order valence-corrected chi connectivity index (χ1v) is 9.61. The lowest BCUT2D eigenvalue weighted by Crippen LogP contribution is -2.31. The Labute approximate surface area is 187 Å². The van der Waals surface area contributed by atoms with Gasteiger partial charge in [0.15, 0.2) is 17.1 Å². The molecule has 1 amide bonds. The number of carbonyl (C=O) groups excluding carboxylic acids is 1. The minimum absolute atomic E-state index is 0.0168. The number of amides is 1. The Balaban J connectivity index is 1.78. The molecule has 7 nitrogen and oxygen atoms in total. The number of halogens is 5. The van der Waals surface area contributed by atoms with Gasteiger partial charge >= 0.3 is 11.9 Å². The van der Waals surface area contributed by atoms with E-state index in [0.717, 1.165) is 30.5 Å². The van der Waals surface area contributed by atoms with Gasteiger partial charge in [-0.1, -0.05) is 6.07 Å². The van der Waals surface area contributed by atoms with Gasteiger partial charge in [0, 0.05) is 11.8 Å². The van der Waals surface area contributed by atoms with E-state index >= 15 is 0 Å². The van der Waals surface area contributed by atoms with E-state index in [1.54, 1.807) is 0 Å². The number of rotatable bonds is 6. The number of pyridine rings is 1. The van der Waals surface area contributed by atoms with Crippen LogP contribution in [0.3, 0.4) is 0 Å². The average Bonchev–Trinajstić information content (AvgIpc) is 3.17. The molecule has 0 unspecified atom stereocenters. The van der Waals surface area contributed by atoms with Crippen molar-refractivity contribution in [2.75, 3.05) is 6.86 Å². The minimum Gasteiger partial charge on any atom is -0.460 e. The van der Waals surface area contributed by atoms with E-state index in [-0.39, 0.29) is 22.2 Å². The molecule has 0 saturated heterocycles. The number of aromatic nitrogens is 2. The lowest BCUT2D eigenvalue weighted by atomic mass is 9.98. The third-order valence-electron chi connectivity index (χ3n) is 4.87. The molecule has 2 heterocycles. The lowest BCUT2D eigenvalue weighted by Gasteiger charge is -2.23. The molecule has 0 saturated carbocycles. The fraction of sp³-hybridized carbons (Fsp3) is 0.136. The summed E-state index contributed by atoms with van der Waals surface area (Å²) in [6.45, 7) is -1.31. The van der Waals surface area contributed by atoms with Crippen LogP contribution in [0.1, 0.15) is 33.2 Å². The van der Waals surface area contributed by atoms with Gasteiger partial charge in [-0.15, -0.1) is 0 Å². The number of nitrogens with one attached hydrogen (secondary N) is 2. The SMILES string of the molecule is O=C(N[C@@H](c1ccc(OCF)c(F)c1)c1ncccc1C(F)(F)F)c1ccc2oc(=O)[nH]c2c1. The molecular weight excluding hydrogens is 465 g/mol. The normalized spacial score (nSPS) is 12.5. The molecule has 176 valence electrons. The van der Waals surface area contributed by atoms with Crippen LogP contribution >= 0.6 is 0 Å². The summed E-state index contributed by atoms with van der Waals surface area (Å²) in [5.74, 6) is -3.09. The second-order valence-corrected chi connectivity index (χ2v) is 7.01. The number of oxazole rings is 1. The molecule has 0 fully saturated rings. The summed E-state index contributed by atoms with van der Waals surface area (Å²) >= 11 is 0. The van der Waals surface area contributed by atoms with Crippen LogP contribution in [0.15, 0.2) is 63.9 Å².